The molecular formula is C11H13BO2. The molecule has 0 bridgehead atoms. The molecule has 1 heterocycles. The summed E-state index contributed by atoms with van der Waals surface area (Å²) in [6.07, 6.45) is 0.145. The summed E-state index contributed by atoms with van der Waals surface area (Å²) >= 11 is 0. The molecule has 0 aromatic heterocycles. The van der Waals surface area contributed by atoms with Crippen molar-refractivity contribution in [1.29, 1.82) is 0 Å². The fourth-order valence-electron chi connectivity index (χ4n) is 1.37. The molecule has 1 atom stereocenters. The fraction of sp³-hybridized carbons (Fsp3) is 0.455. The molecule has 1 saturated heterocycles. The standard InChI is InChI=1S/C11H13BO2/c1-11(2)10(7-13-11)14-9-5-3-8(12)4-6-9/h3-6,10H,7H2,1-2H3. The van der Waals surface area contributed by atoms with E-state index in [1.165, 1.54) is 0 Å². The smallest absolute Gasteiger partial charge is 0.150 e. The molecule has 14 heavy (non-hydrogen) atoms. The Balaban J connectivity index is 2.01. The summed E-state index contributed by atoms with van der Waals surface area (Å²) in [5.74, 6) is 0.848. The Morgan fingerprint density at radius 2 is 2.00 bits per heavy atom. The average Bonchev–Trinajstić information content (AvgIpc) is 2.15. The van der Waals surface area contributed by atoms with Crippen molar-refractivity contribution in [3.63, 3.8) is 0 Å². The van der Waals surface area contributed by atoms with Crippen LogP contribution in [0.2, 0.25) is 0 Å². The van der Waals surface area contributed by atoms with Gasteiger partial charge in [0.25, 0.3) is 0 Å². The lowest BCUT2D eigenvalue weighted by Gasteiger charge is -2.43. The number of ether oxygens (including phenoxy) is 2. The van der Waals surface area contributed by atoms with Crippen LogP contribution in [0.25, 0.3) is 0 Å². The molecule has 0 N–H and O–H groups in total. The highest BCUT2D eigenvalue weighted by Gasteiger charge is 2.42. The second-order valence-corrected chi connectivity index (χ2v) is 4.09. The summed E-state index contributed by atoms with van der Waals surface area (Å²) in [6, 6.07) is 7.43. The molecule has 2 radical (unpaired) electrons. The molecule has 1 unspecified atom stereocenters. The van der Waals surface area contributed by atoms with E-state index in [4.69, 9.17) is 17.3 Å². The van der Waals surface area contributed by atoms with Crippen LogP contribution in [0.5, 0.6) is 5.75 Å². The van der Waals surface area contributed by atoms with E-state index in [0.29, 0.717) is 6.61 Å². The van der Waals surface area contributed by atoms with Gasteiger partial charge in [0.1, 0.15) is 19.2 Å². The predicted molar refractivity (Wildman–Crippen MR) is 56.3 cm³/mol. The third kappa shape index (κ3) is 1.78. The van der Waals surface area contributed by atoms with Crippen LogP contribution in [-0.4, -0.2) is 26.2 Å². The molecule has 1 aliphatic rings. The van der Waals surface area contributed by atoms with Crippen molar-refractivity contribution < 1.29 is 9.47 Å². The van der Waals surface area contributed by atoms with Gasteiger partial charge in [-0.1, -0.05) is 17.6 Å². The van der Waals surface area contributed by atoms with Gasteiger partial charge in [-0.25, -0.2) is 0 Å². The van der Waals surface area contributed by atoms with Gasteiger partial charge >= 0.3 is 0 Å². The quantitative estimate of drug-likeness (QED) is 0.645. The molecule has 72 valence electrons. The van der Waals surface area contributed by atoms with Crippen LogP contribution in [0, 0.1) is 0 Å². The molecule has 1 aromatic carbocycles. The minimum absolute atomic E-state index is 0.145. The van der Waals surface area contributed by atoms with Crippen LogP contribution in [0.15, 0.2) is 24.3 Å². The maximum atomic E-state index is 5.74. The molecule has 1 fully saturated rings. The number of rotatable bonds is 2. The largest absolute Gasteiger partial charge is 0.485 e. The van der Waals surface area contributed by atoms with Crippen LogP contribution in [-0.2, 0) is 4.74 Å². The van der Waals surface area contributed by atoms with Gasteiger partial charge in [0.2, 0.25) is 0 Å². The Kier molecular flexibility index (Phi) is 2.27. The van der Waals surface area contributed by atoms with E-state index in [1.54, 1.807) is 0 Å². The van der Waals surface area contributed by atoms with E-state index in [0.717, 1.165) is 11.2 Å². The number of benzene rings is 1. The molecule has 3 heteroatoms. The first-order chi connectivity index (χ1) is 6.58. The lowest BCUT2D eigenvalue weighted by atomic mass is 9.95. The van der Waals surface area contributed by atoms with Crippen molar-refractivity contribution in [2.75, 3.05) is 6.61 Å². The van der Waals surface area contributed by atoms with Crippen LogP contribution < -0.4 is 10.2 Å². The second-order valence-electron chi connectivity index (χ2n) is 4.09. The van der Waals surface area contributed by atoms with Gasteiger partial charge in [-0.05, 0) is 26.0 Å². The molecule has 0 aliphatic carbocycles. The van der Waals surface area contributed by atoms with Crippen LogP contribution in [0.3, 0.4) is 0 Å². The topological polar surface area (TPSA) is 18.5 Å². The lowest BCUT2D eigenvalue weighted by molar-refractivity contribution is -0.207. The molecule has 1 aliphatic heterocycles. The molecule has 1 aromatic rings. The Hall–Kier alpha value is -0.955. The van der Waals surface area contributed by atoms with Crippen molar-refractivity contribution in [3.05, 3.63) is 24.3 Å². The van der Waals surface area contributed by atoms with Crippen molar-refractivity contribution in [2.24, 2.45) is 0 Å². The third-order valence-corrected chi connectivity index (χ3v) is 2.54. The summed E-state index contributed by atoms with van der Waals surface area (Å²) < 4.78 is 11.1. The highest BCUT2D eigenvalue weighted by atomic mass is 16.6. The average molecular weight is 188 g/mol. The van der Waals surface area contributed by atoms with E-state index in [2.05, 4.69) is 0 Å². The first-order valence-electron chi connectivity index (χ1n) is 4.74. The van der Waals surface area contributed by atoms with Gasteiger partial charge in [0.15, 0.2) is 6.10 Å². The minimum Gasteiger partial charge on any atom is -0.485 e. The van der Waals surface area contributed by atoms with Gasteiger partial charge in [-0.2, -0.15) is 0 Å². The summed E-state index contributed by atoms with van der Waals surface area (Å²) in [7, 11) is 5.58. The molecule has 2 nitrogen and oxygen atoms in total. The summed E-state index contributed by atoms with van der Waals surface area (Å²) in [4.78, 5) is 0. The number of hydrogen-bond acceptors (Lipinski definition) is 2. The maximum Gasteiger partial charge on any atom is 0.150 e. The first-order valence-corrected chi connectivity index (χ1v) is 4.74. The van der Waals surface area contributed by atoms with E-state index >= 15 is 0 Å². The lowest BCUT2D eigenvalue weighted by Crippen LogP contribution is -2.56. The Bertz CT molecular complexity index is 319. The summed E-state index contributed by atoms with van der Waals surface area (Å²) in [5.41, 5.74) is 0.586. The SMILES string of the molecule is [B]c1ccc(OC2COC2(C)C)cc1. The van der Waals surface area contributed by atoms with Crippen molar-refractivity contribution in [3.8, 4) is 5.75 Å². The molecule has 0 spiro atoms. The minimum atomic E-state index is -0.165. The van der Waals surface area contributed by atoms with E-state index in [1.807, 2.05) is 38.1 Å². The zero-order valence-corrected chi connectivity index (χ0v) is 8.49. The normalized spacial score (nSPS) is 24.0. The zero-order valence-electron chi connectivity index (χ0n) is 8.49. The Morgan fingerprint density at radius 3 is 2.43 bits per heavy atom. The Morgan fingerprint density at radius 1 is 1.36 bits per heavy atom. The molecular weight excluding hydrogens is 175 g/mol. The van der Waals surface area contributed by atoms with Crippen LogP contribution >= 0.6 is 0 Å². The van der Waals surface area contributed by atoms with Gasteiger partial charge in [-0.15, -0.1) is 0 Å². The van der Waals surface area contributed by atoms with Crippen molar-refractivity contribution >= 4 is 13.3 Å². The second kappa shape index (κ2) is 3.32. The highest BCUT2D eigenvalue weighted by molar-refractivity contribution is 6.32. The Labute approximate surface area is 85.6 Å². The fourth-order valence-corrected chi connectivity index (χ4v) is 1.37. The van der Waals surface area contributed by atoms with Crippen LogP contribution in [0.1, 0.15) is 13.8 Å². The van der Waals surface area contributed by atoms with Gasteiger partial charge in [0, 0.05) is 0 Å². The van der Waals surface area contributed by atoms with Crippen LogP contribution in [0.4, 0.5) is 0 Å². The monoisotopic (exact) mass is 188 g/mol. The highest BCUT2D eigenvalue weighted by Crippen LogP contribution is 2.29. The van der Waals surface area contributed by atoms with Gasteiger partial charge in [-0.3, -0.25) is 0 Å². The molecule has 2 rings (SSSR count). The summed E-state index contributed by atoms with van der Waals surface area (Å²) in [5, 5.41) is 0. The number of hydrogen-bond donors (Lipinski definition) is 0. The first kappa shape index (κ1) is 9.59. The van der Waals surface area contributed by atoms with Crippen molar-refractivity contribution in [1.82, 2.24) is 0 Å². The maximum absolute atomic E-state index is 5.74. The van der Waals surface area contributed by atoms with Gasteiger partial charge in [0.05, 0.1) is 6.61 Å². The third-order valence-electron chi connectivity index (χ3n) is 2.54. The predicted octanol–water partition coefficient (Wildman–Crippen LogP) is 1.04. The molecule has 0 amide bonds. The van der Waals surface area contributed by atoms with Crippen molar-refractivity contribution in [2.45, 2.75) is 25.6 Å². The molecule has 0 saturated carbocycles. The van der Waals surface area contributed by atoms with E-state index in [-0.39, 0.29) is 11.7 Å². The summed E-state index contributed by atoms with van der Waals surface area (Å²) in [6.45, 7) is 4.72. The zero-order chi connectivity index (χ0) is 10.2. The van der Waals surface area contributed by atoms with E-state index in [9.17, 15) is 0 Å². The van der Waals surface area contributed by atoms with Gasteiger partial charge < -0.3 is 9.47 Å². The van der Waals surface area contributed by atoms with E-state index < -0.39 is 0 Å².